The second kappa shape index (κ2) is 8.65. The van der Waals surface area contributed by atoms with E-state index in [0.717, 1.165) is 27.9 Å². The average molecular weight is 441 g/mol. The molecule has 2 aromatic heterocycles. The van der Waals surface area contributed by atoms with Crippen LogP contribution >= 0.6 is 11.3 Å². The lowest BCUT2D eigenvalue weighted by Crippen LogP contribution is -2.00. The first kappa shape index (κ1) is 20.7. The van der Waals surface area contributed by atoms with Crippen molar-refractivity contribution in [2.45, 2.75) is 20.1 Å². The lowest BCUT2D eigenvalue weighted by Gasteiger charge is -2.10. The van der Waals surface area contributed by atoms with Crippen LogP contribution in [-0.2, 0) is 13.2 Å². The van der Waals surface area contributed by atoms with Gasteiger partial charge in [-0.25, -0.2) is 18.6 Å². The number of carboxylic acid groups (broad SMARTS) is 1. The standard InChI is InChI=1S/C22H17F2N3O3S/c1-13-4-15(6-18(5-13)30-11-14-2-3-17(23)7-19(14)24)20-12-31-21(26-20)10-27-9-16(8-25-27)22(28)29/h2-9,12H,10-11H2,1H3,(H,28,29). The van der Waals surface area contributed by atoms with Crippen LogP contribution in [0.1, 0.15) is 26.5 Å². The van der Waals surface area contributed by atoms with Gasteiger partial charge in [0.2, 0.25) is 0 Å². The van der Waals surface area contributed by atoms with Crippen LogP contribution in [-0.4, -0.2) is 25.8 Å². The van der Waals surface area contributed by atoms with Crippen LogP contribution < -0.4 is 4.74 Å². The molecule has 0 aliphatic rings. The predicted molar refractivity (Wildman–Crippen MR) is 111 cm³/mol. The van der Waals surface area contributed by atoms with Crippen molar-refractivity contribution in [1.82, 2.24) is 14.8 Å². The first-order valence-electron chi connectivity index (χ1n) is 9.26. The maximum atomic E-state index is 13.8. The highest BCUT2D eigenvalue weighted by Gasteiger charge is 2.11. The predicted octanol–water partition coefficient (Wildman–Crippen LogP) is 4.92. The van der Waals surface area contributed by atoms with E-state index >= 15 is 0 Å². The Kier molecular flexibility index (Phi) is 5.77. The number of rotatable bonds is 7. The fraction of sp³-hybridized carbons (Fsp3) is 0.136. The third-order valence-electron chi connectivity index (χ3n) is 4.49. The lowest BCUT2D eigenvalue weighted by atomic mass is 10.1. The summed E-state index contributed by atoms with van der Waals surface area (Å²) in [7, 11) is 0. The molecule has 6 nitrogen and oxygen atoms in total. The first-order chi connectivity index (χ1) is 14.9. The van der Waals surface area contributed by atoms with Crippen molar-refractivity contribution in [3.05, 3.63) is 87.5 Å². The van der Waals surface area contributed by atoms with E-state index in [2.05, 4.69) is 10.1 Å². The topological polar surface area (TPSA) is 77.2 Å². The Bertz CT molecular complexity index is 1250. The highest BCUT2D eigenvalue weighted by atomic mass is 32.1. The number of aryl methyl sites for hydroxylation is 1. The summed E-state index contributed by atoms with van der Waals surface area (Å²) in [4.78, 5) is 15.6. The Morgan fingerprint density at radius 2 is 2.06 bits per heavy atom. The van der Waals surface area contributed by atoms with Gasteiger partial charge < -0.3 is 9.84 Å². The summed E-state index contributed by atoms with van der Waals surface area (Å²) < 4.78 is 34.1. The minimum atomic E-state index is -1.03. The molecular formula is C22H17F2N3O3S. The third-order valence-corrected chi connectivity index (χ3v) is 5.32. The molecule has 0 aliphatic carbocycles. The van der Waals surface area contributed by atoms with Crippen molar-refractivity contribution < 1.29 is 23.4 Å². The number of halogens is 2. The molecule has 9 heteroatoms. The number of ether oxygens (including phenoxy) is 1. The zero-order chi connectivity index (χ0) is 22.0. The quantitative estimate of drug-likeness (QED) is 0.441. The number of hydrogen-bond acceptors (Lipinski definition) is 5. The molecule has 0 spiro atoms. The van der Waals surface area contributed by atoms with E-state index < -0.39 is 17.6 Å². The van der Waals surface area contributed by atoms with Crippen molar-refractivity contribution in [3.63, 3.8) is 0 Å². The molecule has 0 bridgehead atoms. The number of hydrogen-bond donors (Lipinski definition) is 1. The first-order valence-corrected chi connectivity index (χ1v) is 10.1. The van der Waals surface area contributed by atoms with Gasteiger partial charge in [0.1, 0.15) is 29.0 Å². The van der Waals surface area contributed by atoms with E-state index in [-0.39, 0.29) is 17.7 Å². The molecular weight excluding hydrogens is 424 g/mol. The second-order valence-electron chi connectivity index (χ2n) is 6.92. The molecule has 2 heterocycles. The molecule has 0 saturated carbocycles. The molecule has 158 valence electrons. The number of thiazole rings is 1. The van der Waals surface area contributed by atoms with Crippen LogP contribution in [0.4, 0.5) is 8.78 Å². The zero-order valence-electron chi connectivity index (χ0n) is 16.4. The Hall–Kier alpha value is -3.59. The van der Waals surface area contributed by atoms with E-state index in [1.165, 1.54) is 40.5 Å². The largest absolute Gasteiger partial charge is 0.489 e. The lowest BCUT2D eigenvalue weighted by molar-refractivity contribution is 0.0696. The summed E-state index contributed by atoms with van der Waals surface area (Å²) in [6.07, 6.45) is 2.75. The number of carboxylic acids is 1. The van der Waals surface area contributed by atoms with Crippen LogP contribution in [0.5, 0.6) is 5.75 Å². The normalized spacial score (nSPS) is 10.9. The summed E-state index contributed by atoms with van der Waals surface area (Å²) in [5.41, 5.74) is 2.91. The fourth-order valence-electron chi connectivity index (χ4n) is 2.99. The number of aromatic nitrogens is 3. The summed E-state index contributed by atoms with van der Waals surface area (Å²) in [6.45, 7) is 2.25. The van der Waals surface area contributed by atoms with Crippen LogP contribution in [0, 0.1) is 18.6 Å². The van der Waals surface area contributed by atoms with Gasteiger partial charge >= 0.3 is 5.97 Å². The molecule has 0 amide bonds. The molecule has 2 aromatic carbocycles. The molecule has 4 rings (SSSR count). The third kappa shape index (κ3) is 4.95. The summed E-state index contributed by atoms with van der Waals surface area (Å²) in [5, 5.41) is 15.7. The molecule has 0 fully saturated rings. The van der Waals surface area contributed by atoms with Crippen molar-refractivity contribution in [2.24, 2.45) is 0 Å². The van der Waals surface area contributed by atoms with Gasteiger partial charge in [-0.15, -0.1) is 11.3 Å². The second-order valence-corrected chi connectivity index (χ2v) is 7.86. The van der Waals surface area contributed by atoms with Gasteiger partial charge in [0.15, 0.2) is 0 Å². The van der Waals surface area contributed by atoms with Gasteiger partial charge in [0, 0.05) is 28.8 Å². The van der Waals surface area contributed by atoms with Crippen molar-refractivity contribution in [3.8, 4) is 17.0 Å². The average Bonchev–Trinajstić information content (AvgIpc) is 3.37. The van der Waals surface area contributed by atoms with Crippen LogP contribution in [0.15, 0.2) is 54.2 Å². The molecule has 0 aliphatic heterocycles. The van der Waals surface area contributed by atoms with Crippen molar-refractivity contribution in [2.75, 3.05) is 0 Å². The minimum absolute atomic E-state index is 0.0253. The Morgan fingerprint density at radius 1 is 1.23 bits per heavy atom. The van der Waals surface area contributed by atoms with E-state index in [4.69, 9.17) is 9.84 Å². The number of nitrogens with zero attached hydrogens (tertiary/aromatic N) is 3. The number of aromatic carboxylic acids is 1. The highest BCUT2D eigenvalue weighted by molar-refractivity contribution is 7.09. The zero-order valence-corrected chi connectivity index (χ0v) is 17.2. The van der Waals surface area contributed by atoms with E-state index in [9.17, 15) is 13.6 Å². The van der Waals surface area contributed by atoms with Gasteiger partial charge in [0.05, 0.1) is 24.0 Å². The Labute approximate surface area is 180 Å². The van der Waals surface area contributed by atoms with E-state index in [0.29, 0.717) is 12.3 Å². The van der Waals surface area contributed by atoms with Crippen LogP contribution in [0.2, 0.25) is 0 Å². The molecule has 0 radical (unpaired) electrons. The van der Waals surface area contributed by atoms with E-state index in [1.54, 1.807) is 0 Å². The van der Waals surface area contributed by atoms with Crippen LogP contribution in [0.25, 0.3) is 11.3 Å². The highest BCUT2D eigenvalue weighted by Crippen LogP contribution is 2.28. The number of benzene rings is 2. The molecule has 4 aromatic rings. The molecule has 0 saturated heterocycles. The summed E-state index contributed by atoms with van der Waals surface area (Å²) in [6, 6.07) is 8.98. The molecule has 31 heavy (non-hydrogen) atoms. The SMILES string of the molecule is Cc1cc(OCc2ccc(F)cc2F)cc(-c2csc(Cn3cc(C(=O)O)cn3)n2)c1. The van der Waals surface area contributed by atoms with Crippen molar-refractivity contribution >= 4 is 17.3 Å². The smallest absolute Gasteiger partial charge is 0.338 e. The molecule has 0 atom stereocenters. The maximum absolute atomic E-state index is 13.8. The minimum Gasteiger partial charge on any atom is -0.489 e. The van der Waals surface area contributed by atoms with Gasteiger partial charge in [-0.05, 0) is 42.8 Å². The van der Waals surface area contributed by atoms with E-state index in [1.807, 2.05) is 30.5 Å². The van der Waals surface area contributed by atoms with Gasteiger partial charge in [-0.2, -0.15) is 5.10 Å². The monoisotopic (exact) mass is 441 g/mol. The van der Waals surface area contributed by atoms with Crippen LogP contribution in [0.3, 0.4) is 0 Å². The molecule has 1 N–H and O–H groups in total. The Balaban J connectivity index is 1.49. The van der Waals surface area contributed by atoms with Gasteiger partial charge in [0.25, 0.3) is 0 Å². The van der Waals surface area contributed by atoms with Gasteiger partial charge in [-0.3, -0.25) is 4.68 Å². The maximum Gasteiger partial charge on any atom is 0.338 e. The number of carbonyl (C=O) groups is 1. The van der Waals surface area contributed by atoms with Crippen molar-refractivity contribution in [1.29, 1.82) is 0 Å². The fourth-order valence-corrected chi connectivity index (χ4v) is 3.79. The molecule has 0 unspecified atom stereocenters. The van der Waals surface area contributed by atoms with Gasteiger partial charge in [-0.1, -0.05) is 0 Å². The Morgan fingerprint density at radius 3 is 2.81 bits per heavy atom. The summed E-state index contributed by atoms with van der Waals surface area (Å²) >= 11 is 1.44. The summed E-state index contributed by atoms with van der Waals surface area (Å²) in [5.74, 6) is -1.76.